The molecule has 1 atom stereocenters. The summed E-state index contributed by atoms with van der Waals surface area (Å²) in [5.41, 5.74) is 1.75. The van der Waals surface area contributed by atoms with Crippen LogP contribution in [0.3, 0.4) is 0 Å². The van der Waals surface area contributed by atoms with E-state index in [0.29, 0.717) is 18.7 Å². The molecule has 0 aliphatic rings. The Labute approximate surface area is 124 Å². The van der Waals surface area contributed by atoms with Gasteiger partial charge in [-0.15, -0.1) is 0 Å². The molecular formula is C16H19N3O2. The Morgan fingerprint density at radius 2 is 2.00 bits per heavy atom. The SMILES string of the molecule is O=C(NC[C@@H](CCO)c1ccccc1)Nc1cccnc1. The highest BCUT2D eigenvalue weighted by Crippen LogP contribution is 2.18. The number of aliphatic hydroxyl groups excluding tert-OH is 1. The van der Waals surface area contributed by atoms with Crippen LogP contribution in [0.5, 0.6) is 0 Å². The molecule has 5 heteroatoms. The summed E-state index contributed by atoms with van der Waals surface area (Å²) in [6.07, 6.45) is 3.84. The highest BCUT2D eigenvalue weighted by Gasteiger charge is 2.12. The fourth-order valence-corrected chi connectivity index (χ4v) is 2.10. The summed E-state index contributed by atoms with van der Waals surface area (Å²) >= 11 is 0. The topological polar surface area (TPSA) is 74.2 Å². The maximum Gasteiger partial charge on any atom is 0.319 e. The van der Waals surface area contributed by atoms with Gasteiger partial charge in [-0.05, 0) is 24.1 Å². The molecule has 2 rings (SSSR count). The molecule has 2 amide bonds. The van der Waals surface area contributed by atoms with E-state index in [-0.39, 0.29) is 18.6 Å². The molecule has 21 heavy (non-hydrogen) atoms. The van der Waals surface area contributed by atoms with Crippen LogP contribution >= 0.6 is 0 Å². The third kappa shape index (κ3) is 4.89. The van der Waals surface area contributed by atoms with E-state index in [1.54, 1.807) is 24.5 Å². The molecule has 1 aromatic carbocycles. The number of nitrogens with zero attached hydrogens (tertiary/aromatic N) is 1. The van der Waals surface area contributed by atoms with E-state index < -0.39 is 0 Å². The van der Waals surface area contributed by atoms with Gasteiger partial charge in [-0.25, -0.2) is 4.79 Å². The lowest BCUT2D eigenvalue weighted by atomic mass is 9.96. The van der Waals surface area contributed by atoms with Gasteiger partial charge in [-0.1, -0.05) is 30.3 Å². The van der Waals surface area contributed by atoms with Crippen molar-refractivity contribution in [3.8, 4) is 0 Å². The van der Waals surface area contributed by atoms with Crippen molar-refractivity contribution in [3.63, 3.8) is 0 Å². The van der Waals surface area contributed by atoms with E-state index in [1.807, 2.05) is 30.3 Å². The molecule has 0 fully saturated rings. The van der Waals surface area contributed by atoms with Crippen LogP contribution in [-0.4, -0.2) is 29.3 Å². The van der Waals surface area contributed by atoms with Crippen molar-refractivity contribution in [1.29, 1.82) is 0 Å². The van der Waals surface area contributed by atoms with E-state index in [0.717, 1.165) is 5.56 Å². The summed E-state index contributed by atoms with van der Waals surface area (Å²) in [4.78, 5) is 15.8. The number of carbonyl (C=O) groups is 1. The third-order valence-corrected chi connectivity index (χ3v) is 3.18. The van der Waals surface area contributed by atoms with Crippen molar-refractivity contribution in [2.75, 3.05) is 18.5 Å². The van der Waals surface area contributed by atoms with Crippen LogP contribution < -0.4 is 10.6 Å². The largest absolute Gasteiger partial charge is 0.396 e. The Kier molecular flexibility index (Phi) is 5.72. The maximum atomic E-state index is 11.8. The molecule has 0 radical (unpaired) electrons. The van der Waals surface area contributed by atoms with Gasteiger partial charge >= 0.3 is 6.03 Å². The van der Waals surface area contributed by atoms with Gasteiger partial charge in [-0.2, -0.15) is 0 Å². The molecular weight excluding hydrogens is 266 g/mol. The van der Waals surface area contributed by atoms with Gasteiger partial charge in [0.15, 0.2) is 0 Å². The normalized spacial score (nSPS) is 11.7. The molecule has 1 heterocycles. The number of hydrogen-bond acceptors (Lipinski definition) is 3. The lowest BCUT2D eigenvalue weighted by Crippen LogP contribution is -2.32. The van der Waals surface area contributed by atoms with Crippen LogP contribution in [-0.2, 0) is 0 Å². The average molecular weight is 285 g/mol. The molecule has 0 bridgehead atoms. The Hall–Kier alpha value is -2.40. The quantitative estimate of drug-likeness (QED) is 0.763. The van der Waals surface area contributed by atoms with Crippen LogP contribution in [0.2, 0.25) is 0 Å². The lowest BCUT2D eigenvalue weighted by Gasteiger charge is -2.17. The molecule has 0 saturated heterocycles. The molecule has 0 aliphatic heterocycles. The minimum atomic E-state index is -0.276. The first kappa shape index (κ1) is 15.0. The smallest absolute Gasteiger partial charge is 0.319 e. The van der Waals surface area contributed by atoms with Crippen molar-refractivity contribution in [3.05, 3.63) is 60.4 Å². The minimum absolute atomic E-state index is 0.0888. The predicted octanol–water partition coefficient (Wildman–Crippen LogP) is 2.37. The first-order valence-electron chi connectivity index (χ1n) is 6.90. The van der Waals surface area contributed by atoms with Gasteiger partial charge in [0.05, 0.1) is 11.9 Å². The molecule has 110 valence electrons. The highest BCUT2D eigenvalue weighted by atomic mass is 16.3. The van der Waals surface area contributed by atoms with Gasteiger partial charge in [-0.3, -0.25) is 4.98 Å². The number of aromatic nitrogens is 1. The Morgan fingerprint density at radius 3 is 2.67 bits per heavy atom. The van der Waals surface area contributed by atoms with Crippen LogP contribution in [0, 0.1) is 0 Å². The maximum absolute atomic E-state index is 11.8. The third-order valence-electron chi connectivity index (χ3n) is 3.18. The number of hydrogen-bond donors (Lipinski definition) is 3. The van der Waals surface area contributed by atoms with E-state index >= 15 is 0 Å². The molecule has 5 nitrogen and oxygen atoms in total. The predicted molar refractivity (Wildman–Crippen MR) is 82.1 cm³/mol. The fourth-order valence-electron chi connectivity index (χ4n) is 2.10. The van der Waals surface area contributed by atoms with Crippen LogP contribution in [0.4, 0.5) is 10.5 Å². The lowest BCUT2D eigenvalue weighted by molar-refractivity contribution is 0.248. The number of benzene rings is 1. The van der Waals surface area contributed by atoms with Crippen molar-refractivity contribution in [2.24, 2.45) is 0 Å². The van der Waals surface area contributed by atoms with Gasteiger partial charge < -0.3 is 15.7 Å². The summed E-state index contributed by atoms with van der Waals surface area (Å²) in [6.45, 7) is 0.558. The van der Waals surface area contributed by atoms with Gasteiger partial charge in [0.2, 0.25) is 0 Å². The molecule has 0 aliphatic carbocycles. The van der Waals surface area contributed by atoms with Crippen molar-refractivity contribution in [1.82, 2.24) is 10.3 Å². The van der Waals surface area contributed by atoms with Crippen LogP contribution in [0.1, 0.15) is 17.9 Å². The zero-order chi connectivity index (χ0) is 14.9. The first-order valence-corrected chi connectivity index (χ1v) is 6.90. The number of anilines is 1. The average Bonchev–Trinajstić information content (AvgIpc) is 2.53. The molecule has 2 aromatic rings. The first-order chi connectivity index (χ1) is 10.3. The molecule has 0 unspecified atom stereocenters. The monoisotopic (exact) mass is 285 g/mol. The summed E-state index contributed by atoms with van der Waals surface area (Å²) in [6, 6.07) is 13.1. The second-order valence-corrected chi connectivity index (χ2v) is 4.70. The summed E-state index contributed by atoms with van der Waals surface area (Å²) < 4.78 is 0. The zero-order valence-corrected chi connectivity index (χ0v) is 11.7. The van der Waals surface area contributed by atoms with E-state index in [4.69, 9.17) is 5.11 Å². The minimum Gasteiger partial charge on any atom is -0.396 e. The standard InChI is InChI=1S/C16H19N3O2/c20-10-8-14(13-5-2-1-3-6-13)11-18-16(21)19-15-7-4-9-17-12-15/h1-7,9,12,14,20H,8,10-11H2,(H2,18,19,21)/t14-/m1/s1. The number of urea groups is 1. The Morgan fingerprint density at radius 1 is 1.19 bits per heavy atom. The van der Waals surface area contributed by atoms with Crippen molar-refractivity contribution in [2.45, 2.75) is 12.3 Å². The summed E-state index contributed by atoms with van der Waals surface area (Å²) in [5.74, 6) is 0.0934. The van der Waals surface area contributed by atoms with E-state index in [9.17, 15) is 4.79 Å². The Balaban J connectivity index is 1.88. The number of pyridine rings is 1. The van der Waals surface area contributed by atoms with Crippen molar-refractivity contribution < 1.29 is 9.90 Å². The van der Waals surface area contributed by atoms with Crippen LogP contribution in [0.25, 0.3) is 0 Å². The molecule has 1 aromatic heterocycles. The second-order valence-electron chi connectivity index (χ2n) is 4.70. The number of amides is 2. The molecule has 3 N–H and O–H groups in total. The number of rotatable bonds is 6. The summed E-state index contributed by atoms with van der Waals surface area (Å²) in [7, 11) is 0. The molecule has 0 saturated carbocycles. The number of nitrogens with one attached hydrogen (secondary N) is 2. The summed E-state index contributed by atoms with van der Waals surface area (Å²) in [5, 5.41) is 14.7. The van der Waals surface area contributed by atoms with Gasteiger partial charge in [0.25, 0.3) is 0 Å². The van der Waals surface area contributed by atoms with E-state index in [2.05, 4.69) is 15.6 Å². The fraction of sp³-hybridized carbons (Fsp3) is 0.250. The van der Waals surface area contributed by atoms with E-state index in [1.165, 1.54) is 0 Å². The zero-order valence-electron chi connectivity index (χ0n) is 11.7. The van der Waals surface area contributed by atoms with Gasteiger partial charge in [0.1, 0.15) is 0 Å². The number of aliphatic hydroxyl groups is 1. The van der Waals surface area contributed by atoms with Gasteiger partial charge in [0, 0.05) is 25.3 Å². The second kappa shape index (κ2) is 8.01. The highest BCUT2D eigenvalue weighted by molar-refractivity contribution is 5.88. The number of carbonyl (C=O) groups excluding carboxylic acids is 1. The van der Waals surface area contributed by atoms with Crippen LogP contribution in [0.15, 0.2) is 54.9 Å². The molecule has 0 spiro atoms. The van der Waals surface area contributed by atoms with Crippen molar-refractivity contribution >= 4 is 11.7 Å². The Bertz CT molecular complexity index is 546.